The summed E-state index contributed by atoms with van der Waals surface area (Å²) in [6, 6.07) is 0. The third kappa shape index (κ3) is 118. The molecule has 0 aliphatic carbocycles. The van der Waals surface area contributed by atoms with Gasteiger partial charge >= 0.3 is 84.5 Å². The minimum atomic E-state index is -3.13. The fraction of sp³-hybridized carbons (Fsp3) is 1.00. The van der Waals surface area contributed by atoms with Crippen molar-refractivity contribution >= 4 is 72.4 Å². The molecule has 0 unspecified atom stereocenters. The average molecular weight is 254 g/mol. The second kappa shape index (κ2) is 16.7. The topological polar surface area (TPSA) is 135 Å². The summed E-state index contributed by atoms with van der Waals surface area (Å²) in [5.41, 5.74) is 0. The molecular weight excluding hydrogens is 244 g/mol. The Morgan fingerprint density at radius 3 is 1.08 bits per heavy atom. The zero-order valence-electron chi connectivity index (χ0n) is 7.34. The first-order valence-corrected chi connectivity index (χ1v) is 8.10. The van der Waals surface area contributed by atoms with Gasteiger partial charge in [0.25, 0.3) is 0 Å². The van der Waals surface area contributed by atoms with Crippen LogP contribution in [0.2, 0.25) is 0.417 Å². The van der Waals surface area contributed by atoms with Gasteiger partial charge in [-0.2, -0.15) is 0 Å². The summed E-state index contributed by atoms with van der Waals surface area (Å²) in [5.74, 6) is 0. The Morgan fingerprint density at radius 2 is 1.08 bits per heavy atom. The molecule has 0 saturated carbocycles. The number of hydrogen-bond acceptors (Lipinski definition) is 3. The molecule has 0 aliphatic heterocycles. The normalized spacial score (nSPS) is 9.23. The molecule has 11 heteroatoms. The first-order valence-electron chi connectivity index (χ1n) is 3.18. The first-order chi connectivity index (χ1) is 5.73. The van der Waals surface area contributed by atoms with Gasteiger partial charge in [0.15, 0.2) is 0 Å². The maximum absolute atomic E-state index is 8.74. The van der Waals surface area contributed by atoms with Crippen molar-refractivity contribution in [2.45, 2.75) is 0.417 Å². The quantitative estimate of drug-likeness (QED) is 0.264. The molecule has 0 aliphatic rings. The van der Waals surface area contributed by atoms with Crippen LogP contribution in [0.4, 0.5) is 0 Å². The van der Waals surface area contributed by atoms with Crippen LogP contribution in [0, 0.1) is 0 Å². The van der Waals surface area contributed by atoms with Crippen LogP contribution in [-0.4, -0.2) is 87.1 Å². The molecule has 0 bridgehead atoms. The molecule has 13 heavy (non-hydrogen) atoms. The molecule has 0 heterocycles. The van der Waals surface area contributed by atoms with Gasteiger partial charge in [-0.1, -0.05) is 0 Å². The zero-order valence-corrected chi connectivity index (χ0v) is 13.3. The summed E-state index contributed by atoms with van der Waals surface area (Å²) in [6.07, 6.45) is 0. The predicted molar refractivity (Wildman–Crippen MR) is 49.2 cm³/mol. The number of rotatable bonds is 1. The Balaban J connectivity index is -0.000000117. The number of aliphatic hydroxyl groups is 1. The second-order valence-corrected chi connectivity index (χ2v) is 9.52. The number of hydrogen-bond donors (Lipinski definition) is 5. The van der Waals surface area contributed by atoms with Gasteiger partial charge in [0, 0.05) is 0 Å². The van der Waals surface area contributed by atoms with Crippen LogP contribution >= 0.6 is 16.5 Å². The van der Waals surface area contributed by atoms with Crippen molar-refractivity contribution < 1.29 is 33.8 Å². The van der Waals surface area contributed by atoms with Crippen LogP contribution in [-0.2, 0) is 9.13 Å². The van der Waals surface area contributed by atoms with E-state index in [1.807, 2.05) is 0 Å². The maximum atomic E-state index is 8.74. The van der Waals surface area contributed by atoms with Gasteiger partial charge in [-0.25, -0.2) is 0 Å². The SMILES string of the molecule is O=[PH](O)O.O=[PH](O)O.OC[CH]([Na])[Na]. The fourth-order valence-electron chi connectivity index (χ4n) is 0. The van der Waals surface area contributed by atoms with Crippen molar-refractivity contribution in [3.63, 3.8) is 0 Å². The van der Waals surface area contributed by atoms with Gasteiger partial charge in [-0.15, -0.1) is 0 Å². The zero-order chi connectivity index (χ0) is 11.4. The van der Waals surface area contributed by atoms with Gasteiger partial charge in [0.05, 0.1) is 0 Å². The molecule has 5 N–H and O–H groups in total. The van der Waals surface area contributed by atoms with Crippen LogP contribution in [0.5, 0.6) is 0 Å². The van der Waals surface area contributed by atoms with Gasteiger partial charge in [0.2, 0.25) is 0 Å². The molecule has 0 spiro atoms. The van der Waals surface area contributed by atoms with E-state index in [0.29, 0.717) is 6.61 Å². The Labute approximate surface area is 112 Å². The summed E-state index contributed by atoms with van der Waals surface area (Å²) in [5, 5.41) is 8.21. The van der Waals surface area contributed by atoms with E-state index in [9.17, 15) is 0 Å². The third-order valence-corrected chi connectivity index (χ3v) is 1.10. The van der Waals surface area contributed by atoms with Crippen LogP contribution in [0.1, 0.15) is 0 Å². The molecule has 72 valence electrons. The van der Waals surface area contributed by atoms with E-state index in [2.05, 4.69) is 0 Å². The molecular formula is C2H10Na2O7P2. The predicted octanol–water partition coefficient (Wildman–Crippen LogP) is -2.22. The van der Waals surface area contributed by atoms with Crippen molar-refractivity contribution in [3.05, 3.63) is 0 Å². The second-order valence-electron chi connectivity index (χ2n) is 2.14. The van der Waals surface area contributed by atoms with E-state index >= 15 is 0 Å². The van der Waals surface area contributed by atoms with E-state index < -0.39 is 16.5 Å². The van der Waals surface area contributed by atoms with Crippen molar-refractivity contribution in [2.24, 2.45) is 0 Å². The molecule has 0 aromatic rings. The monoisotopic (exact) mass is 254 g/mol. The van der Waals surface area contributed by atoms with E-state index in [-0.39, 0.29) is 0 Å². The molecule has 0 aromatic carbocycles. The first kappa shape index (κ1) is 20.6. The van der Waals surface area contributed by atoms with Crippen molar-refractivity contribution in [3.8, 4) is 0 Å². The van der Waals surface area contributed by atoms with Gasteiger partial charge < -0.3 is 19.6 Å². The van der Waals surface area contributed by atoms with Crippen LogP contribution in [0.25, 0.3) is 0 Å². The fourth-order valence-corrected chi connectivity index (χ4v) is 0. The molecule has 0 fully saturated rings. The van der Waals surface area contributed by atoms with E-state index in [1.165, 1.54) is 55.9 Å². The molecule has 0 aromatic heterocycles. The van der Waals surface area contributed by atoms with Crippen LogP contribution in [0.3, 0.4) is 0 Å². The summed E-state index contributed by atoms with van der Waals surface area (Å²) >= 11 is 2.36. The van der Waals surface area contributed by atoms with Crippen LogP contribution in [0.15, 0.2) is 0 Å². The summed E-state index contributed by atoms with van der Waals surface area (Å²) in [6.45, 7) is 0.429. The van der Waals surface area contributed by atoms with Crippen molar-refractivity contribution in [2.75, 3.05) is 6.61 Å². The summed E-state index contributed by atoms with van der Waals surface area (Å²) in [7, 11) is -6.26. The van der Waals surface area contributed by atoms with Gasteiger partial charge in [0.1, 0.15) is 0 Å². The molecule has 0 atom stereocenters. The molecule has 7 nitrogen and oxygen atoms in total. The van der Waals surface area contributed by atoms with Crippen LogP contribution < -0.4 is 0 Å². The Kier molecular flexibility index (Phi) is 26.5. The summed E-state index contributed by atoms with van der Waals surface area (Å²) < 4.78 is 18.2. The van der Waals surface area contributed by atoms with Crippen molar-refractivity contribution in [1.29, 1.82) is 0 Å². The van der Waals surface area contributed by atoms with Gasteiger partial charge in [-0.05, 0) is 0 Å². The standard InChI is InChI=1S/C2H4O.2Na.2H3O3P/c1-2-3;;;2*1-4(2)3/h1,3H,2H2;;;2*4H,(H2,1,2,3). The Hall–Kier alpha value is 2.26. The molecule has 0 saturated heterocycles. The van der Waals surface area contributed by atoms with E-state index in [1.54, 1.807) is 0 Å². The third-order valence-electron chi connectivity index (χ3n) is 0.365. The Bertz CT molecular complexity index is 120. The Morgan fingerprint density at radius 1 is 1.00 bits per heavy atom. The van der Waals surface area contributed by atoms with Crippen molar-refractivity contribution in [1.82, 2.24) is 0 Å². The number of aliphatic hydroxyl groups excluding tert-OH is 1. The molecule has 0 amide bonds. The molecule has 0 radical (unpaired) electrons. The van der Waals surface area contributed by atoms with E-state index in [4.69, 9.17) is 33.8 Å². The average Bonchev–Trinajstić information content (AvgIpc) is 1.84. The minimum absolute atomic E-state index is 0.429. The van der Waals surface area contributed by atoms with Gasteiger partial charge in [-0.3, -0.25) is 9.13 Å². The summed E-state index contributed by atoms with van der Waals surface area (Å²) in [4.78, 5) is 28.6. The van der Waals surface area contributed by atoms with E-state index in [0.717, 1.165) is 0.417 Å². The molecule has 0 rings (SSSR count).